The Hall–Kier alpha value is -1.70. The van der Waals surface area contributed by atoms with Gasteiger partial charge >= 0.3 is 6.01 Å². The number of rotatable bonds is 5. The predicted molar refractivity (Wildman–Crippen MR) is 95.3 cm³/mol. The van der Waals surface area contributed by atoms with Crippen LogP contribution in [0.1, 0.15) is 25.3 Å². The molecule has 1 atom stereocenters. The van der Waals surface area contributed by atoms with Gasteiger partial charge in [0, 0.05) is 18.9 Å². The van der Waals surface area contributed by atoms with Crippen LogP contribution in [0.3, 0.4) is 0 Å². The van der Waals surface area contributed by atoms with Gasteiger partial charge in [0.15, 0.2) is 0 Å². The van der Waals surface area contributed by atoms with Gasteiger partial charge in [-0.15, -0.1) is 0 Å². The van der Waals surface area contributed by atoms with Gasteiger partial charge in [-0.05, 0) is 37.0 Å². The van der Waals surface area contributed by atoms with Gasteiger partial charge in [-0.2, -0.15) is 4.31 Å². The lowest BCUT2D eigenvalue weighted by molar-refractivity contribution is 0.119. The van der Waals surface area contributed by atoms with Crippen molar-refractivity contribution in [3.05, 3.63) is 47.2 Å². The first-order chi connectivity index (χ1) is 12.0. The van der Waals surface area contributed by atoms with Crippen molar-refractivity contribution in [1.82, 2.24) is 14.3 Å². The van der Waals surface area contributed by atoms with Gasteiger partial charge in [-0.25, -0.2) is 18.4 Å². The number of hydrogen-bond donors (Lipinski definition) is 0. The molecule has 0 radical (unpaired) electrons. The van der Waals surface area contributed by atoms with Crippen molar-refractivity contribution < 1.29 is 13.2 Å². The minimum atomic E-state index is -3.65. The van der Waals surface area contributed by atoms with Crippen LogP contribution in [0.4, 0.5) is 0 Å². The summed E-state index contributed by atoms with van der Waals surface area (Å²) in [6.45, 7) is 2.73. The van der Waals surface area contributed by atoms with E-state index >= 15 is 0 Å². The summed E-state index contributed by atoms with van der Waals surface area (Å²) in [7, 11) is -3.65. The van der Waals surface area contributed by atoms with Gasteiger partial charge in [0.1, 0.15) is 11.0 Å². The lowest BCUT2D eigenvalue weighted by atomic mass is 10.1. The van der Waals surface area contributed by atoms with E-state index in [2.05, 4.69) is 9.97 Å². The molecule has 1 aliphatic rings. The number of piperidine rings is 1. The molecule has 2 heterocycles. The molecule has 1 aliphatic heterocycles. The molecular formula is C17H20ClN3O3S. The van der Waals surface area contributed by atoms with Crippen LogP contribution in [0.5, 0.6) is 6.01 Å². The molecule has 0 bridgehead atoms. The van der Waals surface area contributed by atoms with E-state index < -0.39 is 10.0 Å². The number of aryl methyl sites for hydroxylation is 1. The van der Waals surface area contributed by atoms with Crippen LogP contribution >= 0.6 is 11.6 Å². The third-order valence-electron chi connectivity index (χ3n) is 4.16. The van der Waals surface area contributed by atoms with E-state index in [1.54, 1.807) is 30.6 Å². The molecule has 1 saturated heterocycles. The highest BCUT2D eigenvalue weighted by Crippen LogP contribution is 2.27. The van der Waals surface area contributed by atoms with Gasteiger partial charge in [-0.1, -0.05) is 30.7 Å². The average molecular weight is 382 g/mol. The summed E-state index contributed by atoms with van der Waals surface area (Å²) < 4.78 is 32.9. The second-order valence-electron chi connectivity index (χ2n) is 5.90. The van der Waals surface area contributed by atoms with Crippen molar-refractivity contribution in [2.45, 2.75) is 37.2 Å². The highest BCUT2D eigenvalue weighted by molar-refractivity contribution is 7.89. The van der Waals surface area contributed by atoms with E-state index in [9.17, 15) is 8.42 Å². The van der Waals surface area contributed by atoms with Crippen LogP contribution in [0.25, 0.3) is 0 Å². The zero-order valence-corrected chi connectivity index (χ0v) is 15.5. The number of hydrogen-bond acceptors (Lipinski definition) is 5. The molecule has 0 aliphatic carbocycles. The lowest BCUT2D eigenvalue weighted by Gasteiger charge is -2.31. The number of benzene rings is 1. The van der Waals surface area contributed by atoms with E-state index in [0.717, 1.165) is 18.4 Å². The first-order valence-corrected chi connectivity index (χ1v) is 10.0. The molecule has 0 amide bonds. The van der Waals surface area contributed by atoms with Crippen LogP contribution in [0, 0.1) is 0 Å². The Labute approximate surface area is 152 Å². The SMILES string of the molecule is CCc1cnc(OC2CCCN(S(=O)(=O)c3ccccc3Cl)C2)nc1. The fourth-order valence-electron chi connectivity index (χ4n) is 2.75. The van der Waals surface area contributed by atoms with Crippen LogP contribution in [-0.2, 0) is 16.4 Å². The normalized spacial score (nSPS) is 18.9. The minimum Gasteiger partial charge on any atom is -0.459 e. The number of aromatic nitrogens is 2. The fourth-order valence-corrected chi connectivity index (χ4v) is 4.75. The second-order valence-corrected chi connectivity index (χ2v) is 8.22. The molecule has 6 nitrogen and oxygen atoms in total. The average Bonchev–Trinajstić information content (AvgIpc) is 2.63. The highest BCUT2D eigenvalue weighted by Gasteiger charge is 2.32. The van der Waals surface area contributed by atoms with Crippen LogP contribution < -0.4 is 4.74 Å². The largest absolute Gasteiger partial charge is 0.459 e. The third-order valence-corrected chi connectivity index (χ3v) is 6.52. The Morgan fingerprint density at radius 3 is 2.68 bits per heavy atom. The summed E-state index contributed by atoms with van der Waals surface area (Å²) >= 11 is 6.07. The summed E-state index contributed by atoms with van der Waals surface area (Å²) in [4.78, 5) is 8.49. The first-order valence-electron chi connectivity index (χ1n) is 8.23. The summed E-state index contributed by atoms with van der Waals surface area (Å²) in [5.74, 6) is 0. The van der Waals surface area contributed by atoms with Crippen molar-refractivity contribution in [3.8, 4) is 6.01 Å². The molecule has 1 fully saturated rings. The second kappa shape index (κ2) is 7.68. The summed E-state index contributed by atoms with van der Waals surface area (Å²) in [6.07, 6.45) is 5.49. The van der Waals surface area contributed by atoms with Gasteiger partial charge in [0.05, 0.1) is 11.6 Å². The molecule has 1 aromatic carbocycles. The molecule has 134 valence electrons. The maximum absolute atomic E-state index is 12.8. The maximum Gasteiger partial charge on any atom is 0.316 e. The molecule has 1 aromatic heterocycles. The molecular weight excluding hydrogens is 362 g/mol. The van der Waals surface area contributed by atoms with E-state index in [0.29, 0.717) is 13.0 Å². The zero-order valence-electron chi connectivity index (χ0n) is 13.9. The Morgan fingerprint density at radius 1 is 1.28 bits per heavy atom. The van der Waals surface area contributed by atoms with E-state index in [1.807, 2.05) is 6.92 Å². The monoisotopic (exact) mass is 381 g/mol. The fraction of sp³-hybridized carbons (Fsp3) is 0.412. The Bertz CT molecular complexity index is 827. The quantitative estimate of drug-likeness (QED) is 0.796. The van der Waals surface area contributed by atoms with E-state index in [1.165, 1.54) is 10.4 Å². The topological polar surface area (TPSA) is 72.4 Å². The number of halogens is 1. The van der Waals surface area contributed by atoms with Crippen molar-refractivity contribution >= 4 is 21.6 Å². The maximum atomic E-state index is 12.8. The molecule has 8 heteroatoms. The smallest absolute Gasteiger partial charge is 0.316 e. The van der Waals surface area contributed by atoms with Crippen molar-refractivity contribution in [3.63, 3.8) is 0 Å². The van der Waals surface area contributed by atoms with E-state index in [4.69, 9.17) is 16.3 Å². The first kappa shape index (κ1) is 18.1. The van der Waals surface area contributed by atoms with Gasteiger partial charge in [0.2, 0.25) is 10.0 Å². The van der Waals surface area contributed by atoms with Gasteiger partial charge in [-0.3, -0.25) is 0 Å². The van der Waals surface area contributed by atoms with Crippen LogP contribution in [0.15, 0.2) is 41.6 Å². The minimum absolute atomic E-state index is 0.126. The Kier molecular flexibility index (Phi) is 5.56. The van der Waals surface area contributed by atoms with Crippen LogP contribution in [-0.4, -0.2) is 41.9 Å². The number of sulfonamides is 1. The summed E-state index contributed by atoms with van der Waals surface area (Å²) in [5, 5.41) is 0.226. The molecule has 0 spiro atoms. The molecule has 2 aromatic rings. The van der Waals surface area contributed by atoms with Gasteiger partial charge in [0.25, 0.3) is 0 Å². The summed E-state index contributed by atoms with van der Waals surface area (Å²) in [5.41, 5.74) is 1.03. The summed E-state index contributed by atoms with van der Waals surface area (Å²) in [6, 6.07) is 6.75. The lowest BCUT2D eigenvalue weighted by Crippen LogP contribution is -2.44. The Morgan fingerprint density at radius 2 is 2.00 bits per heavy atom. The number of ether oxygens (including phenoxy) is 1. The third kappa shape index (κ3) is 4.11. The van der Waals surface area contributed by atoms with Gasteiger partial charge < -0.3 is 4.74 Å². The van der Waals surface area contributed by atoms with Crippen molar-refractivity contribution in [2.75, 3.05) is 13.1 Å². The molecule has 0 saturated carbocycles. The predicted octanol–water partition coefficient (Wildman–Crippen LogP) is 2.92. The highest BCUT2D eigenvalue weighted by atomic mass is 35.5. The van der Waals surface area contributed by atoms with E-state index in [-0.39, 0.29) is 28.6 Å². The number of nitrogens with zero attached hydrogens (tertiary/aromatic N) is 3. The molecule has 0 N–H and O–H groups in total. The zero-order chi connectivity index (χ0) is 17.9. The Balaban J connectivity index is 1.73. The standard InChI is InChI=1S/C17H20ClN3O3S/c1-2-13-10-19-17(20-11-13)24-14-6-5-9-21(12-14)25(22,23)16-8-4-3-7-15(16)18/h3-4,7-8,10-11,14H,2,5-6,9,12H2,1H3. The molecule has 3 rings (SSSR count). The van der Waals surface area contributed by atoms with Crippen molar-refractivity contribution in [2.24, 2.45) is 0 Å². The van der Waals surface area contributed by atoms with Crippen molar-refractivity contribution in [1.29, 1.82) is 0 Å². The molecule has 25 heavy (non-hydrogen) atoms. The van der Waals surface area contributed by atoms with Crippen LogP contribution in [0.2, 0.25) is 5.02 Å². The molecule has 1 unspecified atom stereocenters.